The van der Waals surface area contributed by atoms with Crippen LogP contribution in [0, 0.1) is 0 Å². The van der Waals surface area contributed by atoms with Gasteiger partial charge in [0.25, 0.3) is 0 Å². The van der Waals surface area contributed by atoms with E-state index in [1.54, 1.807) is 30.1 Å². The molecule has 134 valence electrons. The highest BCUT2D eigenvalue weighted by molar-refractivity contribution is 7.99. The molecule has 0 aliphatic heterocycles. The highest BCUT2D eigenvalue weighted by Crippen LogP contribution is 2.34. The summed E-state index contributed by atoms with van der Waals surface area (Å²) in [6.07, 6.45) is 1.82. The molecule has 0 bridgehead atoms. The van der Waals surface area contributed by atoms with Gasteiger partial charge in [-0.15, -0.1) is 10.2 Å². The van der Waals surface area contributed by atoms with Crippen LogP contribution in [-0.4, -0.2) is 27.8 Å². The summed E-state index contributed by atoms with van der Waals surface area (Å²) in [5.41, 5.74) is 1.45. The van der Waals surface area contributed by atoms with E-state index < -0.39 is 0 Å². The molecule has 1 amide bonds. The average Bonchev–Trinajstić information content (AvgIpc) is 3.02. The predicted molar refractivity (Wildman–Crippen MR) is 102 cm³/mol. The Morgan fingerprint density at radius 1 is 1.31 bits per heavy atom. The van der Waals surface area contributed by atoms with Gasteiger partial charge in [0.2, 0.25) is 5.91 Å². The van der Waals surface area contributed by atoms with Gasteiger partial charge in [-0.1, -0.05) is 29.8 Å². The second-order valence-corrected chi connectivity index (χ2v) is 6.95. The molecule has 0 atom stereocenters. The molecular formula is C18H17ClN4O2S. The molecule has 0 aliphatic rings. The van der Waals surface area contributed by atoms with Crippen LogP contribution in [-0.2, 0) is 18.3 Å². The number of nitrogens with one attached hydrogen (secondary N) is 1. The van der Waals surface area contributed by atoms with E-state index in [4.69, 9.17) is 16.3 Å². The number of para-hydroxylation sites is 1. The van der Waals surface area contributed by atoms with E-state index in [1.807, 2.05) is 37.4 Å². The summed E-state index contributed by atoms with van der Waals surface area (Å²) < 4.78 is 7.10. The first-order valence-electron chi connectivity index (χ1n) is 7.80. The maximum absolute atomic E-state index is 12.5. The van der Waals surface area contributed by atoms with E-state index in [9.17, 15) is 4.79 Å². The van der Waals surface area contributed by atoms with Crippen molar-refractivity contribution in [3.8, 4) is 5.75 Å². The maximum Gasteiger partial charge on any atom is 0.228 e. The zero-order valence-electron chi connectivity index (χ0n) is 14.3. The number of amides is 1. The Balaban J connectivity index is 1.79. The highest BCUT2D eigenvalue weighted by atomic mass is 35.5. The van der Waals surface area contributed by atoms with Crippen LogP contribution in [0.4, 0.5) is 5.69 Å². The molecule has 0 saturated carbocycles. The van der Waals surface area contributed by atoms with Gasteiger partial charge in [0, 0.05) is 22.5 Å². The molecule has 0 unspecified atom stereocenters. The van der Waals surface area contributed by atoms with Gasteiger partial charge >= 0.3 is 0 Å². The Morgan fingerprint density at radius 2 is 2.12 bits per heavy atom. The van der Waals surface area contributed by atoms with E-state index in [2.05, 4.69) is 15.5 Å². The minimum Gasteiger partial charge on any atom is -0.496 e. The topological polar surface area (TPSA) is 69.0 Å². The number of aromatic nitrogens is 3. The van der Waals surface area contributed by atoms with Gasteiger partial charge < -0.3 is 14.6 Å². The third kappa shape index (κ3) is 4.36. The van der Waals surface area contributed by atoms with Crippen LogP contribution < -0.4 is 10.1 Å². The fraction of sp³-hybridized carbons (Fsp3) is 0.167. The normalized spacial score (nSPS) is 10.6. The summed E-state index contributed by atoms with van der Waals surface area (Å²) in [5, 5.41) is 12.1. The number of ether oxygens (including phenoxy) is 1. The van der Waals surface area contributed by atoms with E-state index in [0.29, 0.717) is 21.6 Å². The minimum atomic E-state index is -0.156. The molecule has 8 heteroatoms. The highest BCUT2D eigenvalue weighted by Gasteiger charge is 2.13. The zero-order valence-corrected chi connectivity index (χ0v) is 15.8. The lowest BCUT2D eigenvalue weighted by molar-refractivity contribution is -0.115. The number of methoxy groups -OCH3 is 1. The van der Waals surface area contributed by atoms with Crippen LogP contribution in [0.1, 0.15) is 5.56 Å². The number of carbonyl (C=O) groups excluding carboxylic acids is 1. The molecule has 3 aromatic rings. The van der Waals surface area contributed by atoms with Crippen molar-refractivity contribution in [2.75, 3.05) is 12.4 Å². The summed E-state index contributed by atoms with van der Waals surface area (Å²) in [6.45, 7) is 0. The molecule has 3 rings (SSSR count). The third-order valence-electron chi connectivity index (χ3n) is 3.63. The lowest BCUT2D eigenvalue weighted by Gasteiger charge is -2.12. The Hall–Kier alpha value is -2.51. The van der Waals surface area contributed by atoms with Gasteiger partial charge in [-0.25, -0.2) is 0 Å². The van der Waals surface area contributed by atoms with E-state index in [1.165, 1.54) is 11.8 Å². The average molecular weight is 389 g/mol. The maximum atomic E-state index is 12.5. The van der Waals surface area contributed by atoms with Crippen LogP contribution in [0.5, 0.6) is 5.75 Å². The number of halogens is 1. The second kappa shape index (κ2) is 8.25. The van der Waals surface area contributed by atoms with Gasteiger partial charge in [0.15, 0.2) is 5.16 Å². The predicted octanol–water partition coefficient (Wildman–Crippen LogP) is 3.81. The van der Waals surface area contributed by atoms with Gasteiger partial charge in [-0.3, -0.25) is 4.79 Å². The van der Waals surface area contributed by atoms with Crippen molar-refractivity contribution in [3.63, 3.8) is 0 Å². The molecule has 2 aromatic carbocycles. The quantitative estimate of drug-likeness (QED) is 0.695. The number of aryl methyl sites for hydroxylation is 1. The zero-order chi connectivity index (χ0) is 18.5. The number of anilines is 1. The molecule has 1 N–H and O–H groups in total. The number of benzene rings is 2. The molecule has 0 radical (unpaired) electrons. The minimum absolute atomic E-state index is 0.156. The molecule has 0 spiro atoms. The molecule has 0 fully saturated rings. The summed E-state index contributed by atoms with van der Waals surface area (Å²) in [4.78, 5) is 13.4. The standard InChI is InChI=1S/C18H17ClN4O2S/c1-23-11-20-22-18(23)26-16-8-7-13(19)10-14(16)21-17(24)9-12-5-3-4-6-15(12)25-2/h3-8,10-11H,9H2,1-2H3,(H,21,24). The van der Waals surface area contributed by atoms with Gasteiger partial charge in [-0.2, -0.15) is 0 Å². The third-order valence-corrected chi connectivity index (χ3v) is 4.99. The fourth-order valence-electron chi connectivity index (χ4n) is 2.37. The van der Waals surface area contributed by atoms with Gasteiger partial charge in [0.1, 0.15) is 12.1 Å². The molecule has 1 aromatic heterocycles. The first-order valence-corrected chi connectivity index (χ1v) is 8.99. The largest absolute Gasteiger partial charge is 0.496 e. The monoisotopic (exact) mass is 388 g/mol. The molecular weight excluding hydrogens is 372 g/mol. The first kappa shape index (κ1) is 18.3. The molecule has 6 nitrogen and oxygen atoms in total. The molecule has 0 saturated heterocycles. The van der Waals surface area contributed by atoms with Crippen LogP contribution in [0.15, 0.2) is 58.8 Å². The molecule has 26 heavy (non-hydrogen) atoms. The van der Waals surface area contributed by atoms with Crippen molar-refractivity contribution in [2.45, 2.75) is 16.5 Å². The van der Waals surface area contributed by atoms with Crippen LogP contribution >= 0.6 is 23.4 Å². The van der Waals surface area contributed by atoms with Crippen molar-refractivity contribution in [3.05, 3.63) is 59.4 Å². The fourth-order valence-corrected chi connectivity index (χ4v) is 3.37. The summed E-state index contributed by atoms with van der Waals surface area (Å²) in [5.74, 6) is 0.527. The second-order valence-electron chi connectivity index (χ2n) is 5.50. The van der Waals surface area contributed by atoms with Crippen LogP contribution in [0.3, 0.4) is 0 Å². The Morgan fingerprint density at radius 3 is 2.85 bits per heavy atom. The number of nitrogens with zero attached hydrogens (tertiary/aromatic N) is 3. The van der Waals surface area contributed by atoms with E-state index >= 15 is 0 Å². The van der Waals surface area contributed by atoms with Gasteiger partial charge in [-0.05, 0) is 36.0 Å². The summed E-state index contributed by atoms with van der Waals surface area (Å²) in [7, 11) is 3.45. The number of carbonyl (C=O) groups is 1. The van der Waals surface area contributed by atoms with E-state index in [-0.39, 0.29) is 12.3 Å². The lowest BCUT2D eigenvalue weighted by atomic mass is 10.1. The Labute approximate surface area is 160 Å². The first-order chi connectivity index (χ1) is 12.6. The van der Waals surface area contributed by atoms with Crippen molar-refractivity contribution in [1.29, 1.82) is 0 Å². The number of hydrogen-bond acceptors (Lipinski definition) is 5. The van der Waals surface area contributed by atoms with Crippen LogP contribution in [0.25, 0.3) is 0 Å². The molecule has 1 heterocycles. The lowest BCUT2D eigenvalue weighted by Crippen LogP contribution is -2.15. The van der Waals surface area contributed by atoms with Gasteiger partial charge in [0.05, 0.1) is 19.2 Å². The van der Waals surface area contributed by atoms with E-state index in [0.717, 1.165) is 10.5 Å². The smallest absolute Gasteiger partial charge is 0.228 e. The van der Waals surface area contributed by atoms with Crippen molar-refractivity contribution >= 4 is 35.0 Å². The summed E-state index contributed by atoms with van der Waals surface area (Å²) >= 11 is 7.51. The SMILES string of the molecule is COc1ccccc1CC(=O)Nc1cc(Cl)ccc1Sc1nncn1C. The summed E-state index contributed by atoms with van der Waals surface area (Å²) in [6, 6.07) is 12.8. The Bertz CT molecular complexity index is 929. The van der Waals surface area contributed by atoms with Crippen molar-refractivity contribution < 1.29 is 9.53 Å². The number of hydrogen-bond donors (Lipinski definition) is 1. The Kier molecular flexibility index (Phi) is 5.80. The molecule has 0 aliphatic carbocycles. The number of rotatable bonds is 6. The van der Waals surface area contributed by atoms with Crippen molar-refractivity contribution in [2.24, 2.45) is 7.05 Å². The van der Waals surface area contributed by atoms with Crippen LogP contribution in [0.2, 0.25) is 5.02 Å². The van der Waals surface area contributed by atoms with Crippen molar-refractivity contribution in [1.82, 2.24) is 14.8 Å².